The van der Waals surface area contributed by atoms with Gasteiger partial charge in [-0.2, -0.15) is 0 Å². The fourth-order valence-corrected chi connectivity index (χ4v) is 6.80. The Labute approximate surface area is 228 Å². The number of halogens is 1. The molecule has 0 spiro atoms. The number of amides is 2. The molecule has 0 aromatic heterocycles. The molecule has 2 heterocycles. The molecule has 3 aromatic rings. The number of alkyl halides is 1. The van der Waals surface area contributed by atoms with E-state index in [-0.39, 0.29) is 36.6 Å². The molecule has 2 N–H and O–H groups in total. The molecule has 38 heavy (non-hydrogen) atoms. The van der Waals surface area contributed by atoms with Crippen LogP contribution < -0.4 is 10.6 Å². The maximum atomic E-state index is 13.6. The van der Waals surface area contributed by atoms with Crippen molar-refractivity contribution in [2.45, 2.75) is 48.7 Å². The summed E-state index contributed by atoms with van der Waals surface area (Å²) in [5, 5.41) is 6.46. The fraction of sp³-hybridized carbons (Fsp3) is 0.355. The first-order valence-corrected chi connectivity index (χ1v) is 13.8. The molecule has 3 aromatic carbocycles. The monoisotopic (exact) mass is 529 g/mol. The van der Waals surface area contributed by atoms with Gasteiger partial charge in [0, 0.05) is 43.1 Å². The van der Waals surface area contributed by atoms with Crippen LogP contribution in [0.1, 0.15) is 53.1 Å². The summed E-state index contributed by atoms with van der Waals surface area (Å²) >= 11 is 6.84. The average molecular weight is 530 g/mol. The summed E-state index contributed by atoms with van der Waals surface area (Å²) in [6.07, 6.45) is 3.02. The van der Waals surface area contributed by atoms with Crippen LogP contribution in [0.3, 0.4) is 0 Å². The molecule has 6 rings (SSSR count). The van der Waals surface area contributed by atoms with Gasteiger partial charge in [-0.3, -0.25) is 10.1 Å². The molecule has 3 unspecified atom stereocenters. The van der Waals surface area contributed by atoms with Crippen molar-refractivity contribution in [3.05, 3.63) is 95.6 Å². The molecule has 196 valence electrons. The van der Waals surface area contributed by atoms with Gasteiger partial charge in [0.25, 0.3) is 5.91 Å². The van der Waals surface area contributed by atoms with Crippen LogP contribution in [0.2, 0.25) is 0 Å². The van der Waals surface area contributed by atoms with E-state index in [0.29, 0.717) is 25.1 Å². The van der Waals surface area contributed by atoms with Crippen molar-refractivity contribution in [2.75, 3.05) is 19.7 Å². The van der Waals surface area contributed by atoms with Gasteiger partial charge in [-0.05, 0) is 53.6 Å². The third-order valence-corrected chi connectivity index (χ3v) is 8.61. The van der Waals surface area contributed by atoms with Crippen molar-refractivity contribution < 1.29 is 14.3 Å². The Morgan fingerprint density at radius 3 is 2.32 bits per heavy atom. The lowest BCUT2D eigenvalue weighted by Crippen LogP contribution is -2.55. The van der Waals surface area contributed by atoms with Gasteiger partial charge in [0.1, 0.15) is 6.61 Å². The minimum Gasteiger partial charge on any atom is -0.448 e. The number of ether oxygens (including phenoxy) is 1. The number of fused-ring (bicyclic) bond motifs is 5. The summed E-state index contributed by atoms with van der Waals surface area (Å²) in [7, 11) is 0. The van der Waals surface area contributed by atoms with Crippen LogP contribution >= 0.6 is 11.6 Å². The Hall–Kier alpha value is -3.35. The number of rotatable bonds is 7. The van der Waals surface area contributed by atoms with E-state index in [1.807, 2.05) is 42.5 Å². The van der Waals surface area contributed by atoms with E-state index in [1.165, 1.54) is 22.3 Å². The lowest BCUT2D eigenvalue weighted by molar-refractivity contribution is 0.0683. The molecular formula is C31H32ClN3O3. The maximum absolute atomic E-state index is 13.6. The zero-order chi connectivity index (χ0) is 26.1. The van der Waals surface area contributed by atoms with Gasteiger partial charge < -0.3 is 15.0 Å². The van der Waals surface area contributed by atoms with Crippen molar-refractivity contribution in [3.8, 4) is 11.1 Å². The molecule has 2 aliphatic heterocycles. The molecule has 0 radical (unpaired) electrons. The predicted molar refractivity (Wildman–Crippen MR) is 148 cm³/mol. The molecule has 7 heteroatoms. The zero-order valence-corrected chi connectivity index (χ0v) is 22.0. The van der Waals surface area contributed by atoms with Crippen molar-refractivity contribution in [1.29, 1.82) is 0 Å². The minimum atomic E-state index is -0.483. The number of benzene rings is 3. The van der Waals surface area contributed by atoms with Crippen LogP contribution in [0, 0.1) is 0 Å². The summed E-state index contributed by atoms with van der Waals surface area (Å²) in [6, 6.07) is 26.0. The first-order valence-electron chi connectivity index (χ1n) is 13.4. The predicted octanol–water partition coefficient (Wildman–Crippen LogP) is 5.52. The number of nitrogens with zero attached hydrogens (tertiary/aromatic N) is 1. The second kappa shape index (κ2) is 10.4. The number of hydrogen-bond donors (Lipinski definition) is 2. The van der Waals surface area contributed by atoms with E-state index in [2.05, 4.69) is 34.9 Å². The molecule has 3 aliphatic rings. The van der Waals surface area contributed by atoms with Crippen LogP contribution in [-0.4, -0.2) is 53.7 Å². The number of hydrogen-bond acceptors (Lipinski definition) is 4. The number of nitrogens with one attached hydrogen (secondary N) is 2. The normalized spacial score (nSPS) is 23.4. The van der Waals surface area contributed by atoms with E-state index in [4.69, 9.17) is 16.3 Å². The third kappa shape index (κ3) is 4.91. The second-order valence-corrected chi connectivity index (χ2v) is 11.3. The Morgan fingerprint density at radius 1 is 0.974 bits per heavy atom. The van der Waals surface area contributed by atoms with Gasteiger partial charge in [-0.25, -0.2) is 4.79 Å². The highest BCUT2D eigenvalue weighted by Crippen LogP contribution is 2.45. The Bertz CT molecular complexity index is 1290. The molecule has 2 saturated heterocycles. The highest BCUT2D eigenvalue weighted by molar-refractivity contribution is 6.24. The van der Waals surface area contributed by atoms with Crippen molar-refractivity contribution in [3.63, 3.8) is 0 Å². The molecule has 3 atom stereocenters. The van der Waals surface area contributed by atoms with Gasteiger partial charge in [0.15, 0.2) is 0 Å². The summed E-state index contributed by atoms with van der Waals surface area (Å²) in [5.41, 5.74) is 5.36. The summed E-state index contributed by atoms with van der Waals surface area (Å²) in [4.78, 5) is 27.5. The lowest BCUT2D eigenvalue weighted by Gasteiger charge is -2.40. The van der Waals surface area contributed by atoms with Gasteiger partial charge in [-0.1, -0.05) is 66.7 Å². The first-order chi connectivity index (χ1) is 18.5. The largest absolute Gasteiger partial charge is 0.448 e. The molecule has 0 saturated carbocycles. The number of carbonyl (C=O) groups is 2. The molecular weight excluding hydrogens is 498 g/mol. The third-order valence-electron chi connectivity index (χ3n) is 8.15. The smallest absolute Gasteiger partial charge is 0.410 e. The molecule has 2 amide bonds. The van der Waals surface area contributed by atoms with Crippen LogP contribution in [0.15, 0.2) is 78.9 Å². The van der Waals surface area contributed by atoms with Crippen molar-refractivity contribution in [2.24, 2.45) is 0 Å². The quantitative estimate of drug-likeness (QED) is 0.312. The topological polar surface area (TPSA) is 70.7 Å². The maximum Gasteiger partial charge on any atom is 0.410 e. The highest BCUT2D eigenvalue weighted by Gasteiger charge is 2.46. The number of carbonyl (C=O) groups excluding carboxylic acids is 2. The first kappa shape index (κ1) is 25.0. The van der Waals surface area contributed by atoms with Crippen molar-refractivity contribution in [1.82, 2.24) is 15.5 Å². The summed E-state index contributed by atoms with van der Waals surface area (Å²) < 4.78 is 6.03. The van der Waals surface area contributed by atoms with Gasteiger partial charge >= 0.3 is 6.09 Å². The summed E-state index contributed by atoms with van der Waals surface area (Å²) in [6.45, 7) is 0.960. The van der Waals surface area contributed by atoms with E-state index in [0.717, 1.165) is 19.3 Å². The average Bonchev–Trinajstić information content (AvgIpc) is 3.41. The van der Waals surface area contributed by atoms with Crippen LogP contribution in [0.25, 0.3) is 11.1 Å². The highest BCUT2D eigenvalue weighted by atomic mass is 35.5. The molecule has 2 fully saturated rings. The second-order valence-electron chi connectivity index (χ2n) is 10.6. The van der Waals surface area contributed by atoms with E-state index >= 15 is 0 Å². The Kier molecular flexibility index (Phi) is 6.85. The van der Waals surface area contributed by atoms with Crippen LogP contribution in [0.5, 0.6) is 0 Å². The number of piperidine rings is 1. The van der Waals surface area contributed by atoms with Crippen LogP contribution in [-0.2, 0) is 4.74 Å². The summed E-state index contributed by atoms with van der Waals surface area (Å²) in [5.74, 6) is -0.160. The van der Waals surface area contributed by atoms with Crippen molar-refractivity contribution >= 4 is 23.6 Å². The van der Waals surface area contributed by atoms with Gasteiger partial charge in [0.05, 0.1) is 5.00 Å². The van der Waals surface area contributed by atoms with E-state index in [9.17, 15) is 9.59 Å². The standard InChI is InChI=1S/C31H32ClN3O3/c32-31-15-14-22(34-31)18-23(19-31)35(17-16-33-29(36)21-8-2-1-3-9-21)30(37)38-20-28-26-12-6-4-10-24(26)25-11-5-7-13-27(25)28/h1-13,22-23,28,34H,14-20H2,(H,33,36). The SMILES string of the molecule is O=C(NCCN(C(=O)OCC1c2ccccc2-c2ccccc21)C1CC2CCC(Cl)(C1)N2)c1ccccc1. The molecule has 2 bridgehead atoms. The minimum absolute atomic E-state index is 0.00504. The van der Waals surface area contributed by atoms with E-state index in [1.54, 1.807) is 17.0 Å². The Morgan fingerprint density at radius 2 is 1.63 bits per heavy atom. The molecule has 1 aliphatic carbocycles. The van der Waals surface area contributed by atoms with Gasteiger partial charge in [-0.15, -0.1) is 11.6 Å². The van der Waals surface area contributed by atoms with E-state index < -0.39 is 5.00 Å². The van der Waals surface area contributed by atoms with Crippen LogP contribution in [0.4, 0.5) is 4.79 Å². The Balaban J connectivity index is 1.17. The fourth-order valence-electron chi connectivity index (χ4n) is 6.35. The van der Waals surface area contributed by atoms with Gasteiger partial charge in [0.2, 0.25) is 0 Å². The lowest BCUT2D eigenvalue weighted by atomic mass is 9.97. The zero-order valence-electron chi connectivity index (χ0n) is 21.2. The molecule has 6 nitrogen and oxygen atoms in total.